The Morgan fingerprint density at radius 3 is 2.92 bits per heavy atom. The van der Waals surface area contributed by atoms with Crippen LogP contribution in [0.1, 0.15) is 5.69 Å². The molecule has 0 atom stereocenters. The predicted molar refractivity (Wildman–Crippen MR) is 96.6 cm³/mol. The first kappa shape index (κ1) is 18.2. The second-order valence-electron chi connectivity index (χ2n) is 5.23. The molecule has 6 nitrogen and oxygen atoms in total. The number of hydrogen-bond donors (Lipinski definition) is 2. The van der Waals surface area contributed by atoms with Crippen molar-refractivity contribution in [3.05, 3.63) is 65.3 Å². The van der Waals surface area contributed by atoms with Gasteiger partial charge in [-0.25, -0.2) is 13.9 Å². The monoisotopic (exact) mass is 392 g/mol. The van der Waals surface area contributed by atoms with Gasteiger partial charge in [-0.05, 0) is 30.3 Å². The fraction of sp³-hybridized carbons (Fsp3) is 0.118. The van der Waals surface area contributed by atoms with Crippen LogP contribution in [0.2, 0.25) is 5.02 Å². The number of rotatable bonds is 6. The minimum Gasteiger partial charge on any atom is -0.465 e. The quantitative estimate of drug-likeness (QED) is 0.662. The third-order valence-electron chi connectivity index (χ3n) is 3.40. The zero-order valence-electron chi connectivity index (χ0n) is 13.4. The summed E-state index contributed by atoms with van der Waals surface area (Å²) in [6, 6.07) is 10.2. The van der Waals surface area contributed by atoms with Crippen molar-refractivity contribution in [1.29, 1.82) is 0 Å². The van der Waals surface area contributed by atoms with Crippen LogP contribution in [0.5, 0.6) is 0 Å². The van der Waals surface area contributed by atoms with Crippen molar-refractivity contribution in [3.63, 3.8) is 0 Å². The van der Waals surface area contributed by atoms with Crippen molar-refractivity contribution in [3.8, 4) is 5.69 Å². The first-order valence-corrected chi connectivity index (χ1v) is 8.82. The highest BCUT2D eigenvalue weighted by Crippen LogP contribution is 2.31. The molecule has 0 spiro atoms. The fourth-order valence-corrected chi connectivity index (χ4v) is 3.35. The molecule has 26 heavy (non-hydrogen) atoms. The molecular weight excluding hydrogens is 379 g/mol. The Hall–Kier alpha value is -2.58. The highest BCUT2D eigenvalue weighted by molar-refractivity contribution is 7.99. The lowest BCUT2D eigenvalue weighted by Gasteiger charge is -2.08. The Bertz CT molecular complexity index is 920. The van der Waals surface area contributed by atoms with E-state index >= 15 is 0 Å². The molecule has 0 aliphatic rings. The van der Waals surface area contributed by atoms with E-state index < -0.39 is 11.9 Å². The van der Waals surface area contributed by atoms with Crippen molar-refractivity contribution >= 4 is 29.5 Å². The van der Waals surface area contributed by atoms with Crippen LogP contribution >= 0.6 is 23.4 Å². The SMILES string of the molecule is O=C(O)NCCc1cc(Sc2cccnc2)n(-c2cccc(Cl)c2F)n1. The summed E-state index contributed by atoms with van der Waals surface area (Å²) in [4.78, 5) is 15.5. The lowest BCUT2D eigenvalue weighted by Crippen LogP contribution is -2.23. The van der Waals surface area contributed by atoms with E-state index in [2.05, 4.69) is 15.4 Å². The summed E-state index contributed by atoms with van der Waals surface area (Å²) in [5.41, 5.74) is 0.853. The molecule has 0 unspecified atom stereocenters. The molecule has 1 aromatic carbocycles. The van der Waals surface area contributed by atoms with Gasteiger partial charge < -0.3 is 10.4 Å². The number of halogens is 2. The number of pyridine rings is 1. The number of nitrogens with zero attached hydrogens (tertiary/aromatic N) is 3. The first-order valence-electron chi connectivity index (χ1n) is 7.62. The second-order valence-corrected chi connectivity index (χ2v) is 6.73. The number of nitrogens with one attached hydrogen (secondary N) is 1. The van der Waals surface area contributed by atoms with Crippen LogP contribution in [-0.4, -0.2) is 32.5 Å². The van der Waals surface area contributed by atoms with Crippen molar-refractivity contribution in [1.82, 2.24) is 20.1 Å². The van der Waals surface area contributed by atoms with E-state index in [0.29, 0.717) is 17.1 Å². The molecule has 1 amide bonds. The Labute approximate surface area is 158 Å². The van der Waals surface area contributed by atoms with E-state index in [1.165, 1.54) is 22.5 Å². The van der Waals surface area contributed by atoms with Gasteiger partial charge >= 0.3 is 6.09 Å². The van der Waals surface area contributed by atoms with E-state index in [0.717, 1.165) is 4.90 Å². The number of carbonyl (C=O) groups is 1. The fourth-order valence-electron chi connectivity index (χ4n) is 2.26. The number of hydrogen-bond acceptors (Lipinski definition) is 4. The van der Waals surface area contributed by atoms with Gasteiger partial charge in [-0.15, -0.1) is 0 Å². The number of amides is 1. The van der Waals surface area contributed by atoms with E-state index in [4.69, 9.17) is 16.7 Å². The Morgan fingerprint density at radius 1 is 1.35 bits per heavy atom. The van der Waals surface area contributed by atoms with Gasteiger partial charge in [0, 0.05) is 30.3 Å². The minimum absolute atomic E-state index is 0.00409. The minimum atomic E-state index is -1.10. The second kappa shape index (κ2) is 8.20. The van der Waals surface area contributed by atoms with E-state index in [1.807, 2.05) is 6.07 Å². The molecule has 0 bridgehead atoms. The van der Waals surface area contributed by atoms with Crippen LogP contribution in [0.25, 0.3) is 5.69 Å². The topological polar surface area (TPSA) is 80.0 Å². The molecule has 0 aliphatic heterocycles. The van der Waals surface area contributed by atoms with Crippen molar-refractivity contribution < 1.29 is 14.3 Å². The lowest BCUT2D eigenvalue weighted by atomic mass is 10.3. The highest BCUT2D eigenvalue weighted by Gasteiger charge is 2.16. The largest absolute Gasteiger partial charge is 0.465 e. The number of carboxylic acid groups (broad SMARTS) is 1. The van der Waals surface area contributed by atoms with E-state index in [1.54, 1.807) is 36.7 Å². The maximum absolute atomic E-state index is 14.5. The average molecular weight is 393 g/mol. The third-order valence-corrected chi connectivity index (χ3v) is 4.67. The normalized spacial score (nSPS) is 10.7. The van der Waals surface area contributed by atoms with Gasteiger partial charge in [0.1, 0.15) is 10.7 Å². The van der Waals surface area contributed by atoms with Crippen molar-refractivity contribution in [2.24, 2.45) is 0 Å². The molecule has 134 valence electrons. The summed E-state index contributed by atoms with van der Waals surface area (Å²) < 4.78 is 15.9. The standard InChI is InChI=1S/C17H14ClFN4O2S/c18-13-4-1-5-14(16(13)19)23-15(26-12-3-2-7-20-10-12)9-11(22-23)6-8-21-17(24)25/h1-5,7,9-10,21H,6,8H2,(H,24,25). The Morgan fingerprint density at radius 2 is 2.19 bits per heavy atom. The van der Waals surface area contributed by atoms with Crippen LogP contribution < -0.4 is 5.32 Å². The van der Waals surface area contributed by atoms with Gasteiger partial charge in [-0.1, -0.05) is 29.4 Å². The van der Waals surface area contributed by atoms with Gasteiger partial charge in [-0.2, -0.15) is 5.10 Å². The molecule has 0 fully saturated rings. The lowest BCUT2D eigenvalue weighted by molar-refractivity contribution is 0.194. The third kappa shape index (κ3) is 4.33. The first-order chi connectivity index (χ1) is 12.5. The smallest absolute Gasteiger partial charge is 0.404 e. The number of aromatic nitrogens is 3. The molecule has 0 saturated heterocycles. The van der Waals surface area contributed by atoms with Gasteiger partial charge in [0.15, 0.2) is 5.82 Å². The number of benzene rings is 1. The van der Waals surface area contributed by atoms with E-state index in [9.17, 15) is 9.18 Å². The molecule has 3 rings (SSSR count). The zero-order valence-corrected chi connectivity index (χ0v) is 15.0. The molecular formula is C17H14ClFN4O2S. The maximum Gasteiger partial charge on any atom is 0.404 e. The van der Waals surface area contributed by atoms with Crippen molar-refractivity contribution in [2.45, 2.75) is 16.3 Å². The summed E-state index contributed by atoms with van der Waals surface area (Å²) >= 11 is 7.27. The molecule has 2 aromatic heterocycles. The van der Waals surface area contributed by atoms with Crippen molar-refractivity contribution in [2.75, 3.05) is 6.54 Å². The van der Waals surface area contributed by atoms with Crippen LogP contribution in [0.3, 0.4) is 0 Å². The van der Waals surface area contributed by atoms with Crippen LogP contribution in [0, 0.1) is 5.82 Å². The van der Waals surface area contributed by atoms with Gasteiger partial charge in [-0.3, -0.25) is 4.98 Å². The summed E-state index contributed by atoms with van der Waals surface area (Å²) in [6.45, 7) is 0.210. The van der Waals surface area contributed by atoms with Gasteiger partial charge in [0.2, 0.25) is 0 Å². The molecule has 0 saturated carbocycles. The summed E-state index contributed by atoms with van der Waals surface area (Å²) in [5, 5.41) is 16.1. The van der Waals surface area contributed by atoms with Gasteiger partial charge in [0.05, 0.1) is 10.7 Å². The average Bonchev–Trinajstić information content (AvgIpc) is 3.00. The molecule has 0 radical (unpaired) electrons. The molecule has 3 aromatic rings. The zero-order chi connectivity index (χ0) is 18.5. The van der Waals surface area contributed by atoms with Crippen LogP contribution in [-0.2, 0) is 6.42 Å². The predicted octanol–water partition coefficient (Wildman–Crippen LogP) is 4.02. The summed E-state index contributed by atoms with van der Waals surface area (Å²) in [7, 11) is 0. The highest BCUT2D eigenvalue weighted by atomic mass is 35.5. The Balaban J connectivity index is 1.95. The van der Waals surface area contributed by atoms with Crippen LogP contribution in [0.15, 0.2) is 58.7 Å². The molecule has 0 aliphatic carbocycles. The molecule has 2 N–H and O–H groups in total. The van der Waals surface area contributed by atoms with Crippen LogP contribution in [0.4, 0.5) is 9.18 Å². The van der Waals surface area contributed by atoms with E-state index in [-0.39, 0.29) is 17.3 Å². The molecule has 2 heterocycles. The summed E-state index contributed by atoms with van der Waals surface area (Å²) in [5.74, 6) is -0.569. The molecule has 9 heteroatoms. The maximum atomic E-state index is 14.5. The summed E-state index contributed by atoms with van der Waals surface area (Å²) in [6.07, 6.45) is 2.64. The Kier molecular flexibility index (Phi) is 5.75. The van der Waals surface area contributed by atoms with Gasteiger partial charge in [0.25, 0.3) is 0 Å².